The smallest absolute Gasteiger partial charge is 0.262 e. The summed E-state index contributed by atoms with van der Waals surface area (Å²) in [5.41, 5.74) is 0.400. The Morgan fingerprint density at radius 3 is 2.54 bits per heavy atom. The summed E-state index contributed by atoms with van der Waals surface area (Å²) in [6.45, 7) is 4.54. The summed E-state index contributed by atoms with van der Waals surface area (Å²) in [6.07, 6.45) is 0. The fraction of sp³-hybridized carbons (Fsp3) is 0.300. The minimum Gasteiger partial charge on any atom is -0.287 e. The van der Waals surface area contributed by atoms with Crippen molar-refractivity contribution in [1.82, 2.24) is 9.55 Å². The first-order valence-corrected chi connectivity index (χ1v) is 11.9. The highest BCUT2D eigenvalue weighted by atomic mass is 35.5. The summed E-state index contributed by atoms with van der Waals surface area (Å²) in [7, 11) is -3.38. The molecule has 0 aliphatic carbocycles. The summed E-state index contributed by atoms with van der Waals surface area (Å²) in [5.74, 6) is 0.516. The number of hydrogen-bond acceptors (Lipinski definition) is 5. The van der Waals surface area contributed by atoms with Crippen LogP contribution in [0.2, 0.25) is 5.02 Å². The maximum absolute atomic E-state index is 13.0. The Morgan fingerprint density at radius 2 is 1.86 bits per heavy atom. The monoisotopic (exact) mass is 436 g/mol. The zero-order valence-electron chi connectivity index (χ0n) is 15.6. The Labute approximate surface area is 173 Å². The minimum absolute atomic E-state index is 0.0299. The van der Waals surface area contributed by atoms with Gasteiger partial charge in [0.05, 0.1) is 21.6 Å². The van der Waals surface area contributed by atoms with Crippen LogP contribution in [0.4, 0.5) is 0 Å². The van der Waals surface area contributed by atoms with Crippen molar-refractivity contribution in [1.29, 1.82) is 0 Å². The predicted molar refractivity (Wildman–Crippen MR) is 115 cm³/mol. The van der Waals surface area contributed by atoms with Crippen LogP contribution in [0.15, 0.2) is 63.4 Å². The number of fused-ring (bicyclic) bond motifs is 1. The molecule has 0 atom stereocenters. The number of sulfone groups is 1. The lowest BCUT2D eigenvalue weighted by Gasteiger charge is -2.15. The summed E-state index contributed by atoms with van der Waals surface area (Å²) in [4.78, 5) is 17.8. The molecule has 28 heavy (non-hydrogen) atoms. The van der Waals surface area contributed by atoms with Crippen molar-refractivity contribution >= 4 is 44.1 Å². The molecule has 0 amide bonds. The fourth-order valence-corrected chi connectivity index (χ4v) is 5.65. The molecule has 2 aromatic carbocycles. The first kappa shape index (κ1) is 20.9. The second-order valence-electron chi connectivity index (χ2n) is 6.85. The van der Waals surface area contributed by atoms with Crippen LogP contribution in [0.3, 0.4) is 0 Å². The predicted octanol–water partition coefficient (Wildman–Crippen LogP) is 4.27. The van der Waals surface area contributed by atoms with E-state index in [4.69, 9.17) is 11.6 Å². The molecule has 0 radical (unpaired) electrons. The Kier molecular flexibility index (Phi) is 6.47. The average Bonchev–Trinajstić information content (AvgIpc) is 2.66. The zero-order valence-corrected chi connectivity index (χ0v) is 18.0. The van der Waals surface area contributed by atoms with Gasteiger partial charge in [-0.1, -0.05) is 55.4 Å². The van der Waals surface area contributed by atoms with Gasteiger partial charge in [-0.05, 0) is 36.2 Å². The molecule has 3 rings (SSSR count). The summed E-state index contributed by atoms with van der Waals surface area (Å²) in [6, 6.07) is 13.4. The molecule has 0 saturated carbocycles. The molecule has 0 aliphatic heterocycles. The average molecular weight is 437 g/mol. The van der Waals surface area contributed by atoms with Gasteiger partial charge in [-0.2, -0.15) is 0 Å². The highest BCUT2D eigenvalue weighted by Gasteiger charge is 2.17. The minimum atomic E-state index is -3.38. The van der Waals surface area contributed by atoms with E-state index in [1.165, 1.54) is 11.8 Å². The van der Waals surface area contributed by atoms with E-state index >= 15 is 0 Å². The Morgan fingerprint density at radius 1 is 1.14 bits per heavy atom. The molecule has 0 unspecified atom stereocenters. The number of nitrogens with zero attached hydrogens (tertiary/aromatic N) is 2. The van der Waals surface area contributed by atoms with Crippen molar-refractivity contribution in [3.63, 3.8) is 0 Å². The van der Waals surface area contributed by atoms with Crippen LogP contribution in [0, 0.1) is 5.92 Å². The van der Waals surface area contributed by atoms with Crippen LogP contribution in [0.25, 0.3) is 10.9 Å². The molecule has 1 aromatic heterocycles. The van der Waals surface area contributed by atoms with Crippen molar-refractivity contribution in [3.8, 4) is 0 Å². The molecule has 148 valence electrons. The van der Waals surface area contributed by atoms with Gasteiger partial charge in [0.2, 0.25) is 0 Å². The van der Waals surface area contributed by atoms with Crippen molar-refractivity contribution in [2.45, 2.75) is 30.4 Å². The van der Waals surface area contributed by atoms with Crippen LogP contribution < -0.4 is 5.56 Å². The summed E-state index contributed by atoms with van der Waals surface area (Å²) >= 11 is 7.32. The molecular weight excluding hydrogens is 416 g/mol. The normalized spacial score (nSPS) is 12.0. The number of halogens is 1. The SMILES string of the molecule is CC(C)Cn1c(SCCS(=O)(=O)c2ccccc2)nc2ccc(Cl)cc2c1=O. The van der Waals surface area contributed by atoms with Gasteiger partial charge < -0.3 is 0 Å². The molecule has 1 heterocycles. The number of rotatable bonds is 7. The van der Waals surface area contributed by atoms with Gasteiger partial charge in [0.25, 0.3) is 5.56 Å². The number of hydrogen-bond donors (Lipinski definition) is 0. The zero-order chi connectivity index (χ0) is 20.3. The van der Waals surface area contributed by atoms with E-state index in [1.807, 2.05) is 13.8 Å². The standard InChI is InChI=1S/C20H21ClN2O3S2/c1-14(2)13-23-19(24)17-12-15(21)8-9-18(17)22-20(23)27-10-11-28(25,26)16-6-4-3-5-7-16/h3-9,12,14H,10-11,13H2,1-2H3. The molecule has 0 aliphatic rings. The lowest BCUT2D eigenvalue weighted by molar-refractivity contribution is 0.475. The van der Waals surface area contributed by atoms with Gasteiger partial charge in [0.15, 0.2) is 15.0 Å². The topological polar surface area (TPSA) is 69.0 Å². The molecule has 0 bridgehead atoms. The quantitative estimate of drug-likeness (QED) is 0.408. The first-order valence-electron chi connectivity index (χ1n) is 8.88. The Bertz CT molecular complexity index is 1140. The molecule has 8 heteroatoms. The second kappa shape index (κ2) is 8.68. The van der Waals surface area contributed by atoms with Gasteiger partial charge in [-0.25, -0.2) is 13.4 Å². The van der Waals surface area contributed by atoms with E-state index in [9.17, 15) is 13.2 Å². The molecular formula is C20H21ClN2O3S2. The van der Waals surface area contributed by atoms with Gasteiger partial charge in [-0.3, -0.25) is 9.36 Å². The largest absolute Gasteiger partial charge is 0.287 e. The lowest BCUT2D eigenvalue weighted by Crippen LogP contribution is -2.25. The van der Waals surface area contributed by atoms with Crippen LogP contribution in [0.5, 0.6) is 0 Å². The number of benzene rings is 2. The maximum atomic E-state index is 13.0. The van der Waals surface area contributed by atoms with Crippen LogP contribution in [0.1, 0.15) is 13.8 Å². The number of aromatic nitrogens is 2. The fourth-order valence-electron chi connectivity index (χ4n) is 2.80. The van der Waals surface area contributed by atoms with Crippen molar-refractivity contribution in [2.24, 2.45) is 5.92 Å². The van der Waals surface area contributed by atoms with E-state index in [0.29, 0.717) is 38.3 Å². The van der Waals surface area contributed by atoms with E-state index in [2.05, 4.69) is 4.98 Å². The van der Waals surface area contributed by atoms with Gasteiger partial charge in [0, 0.05) is 17.3 Å². The summed E-state index contributed by atoms with van der Waals surface area (Å²) < 4.78 is 26.6. The van der Waals surface area contributed by atoms with Crippen LogP contribution >= 0.6 is 23.4 Å². The van der Waals surface area contributed by atoms with Gasteiger partial charge in [-0.15, -0.1) is 0 Å². The Balaban J connectivity index is 1.89. The van der Waals surface area contributed by atoms with Gasteiger partial charge in [0.1, 0.15) is 0 Å². The van der Waals surface area contributed by atoms with Crippen molar-refractivity contribution in [3.05, 3.63) is 63.9 Å². The second-order valence-corrected chi connectivity index (χ2v) is 10.5. The summed E-state index contributed by atoms with van der Waals surface area (Å²) in [5, 5.41) is 1.48. The molecule has 0 spiro atoms. The molecule has 5 nitrogen and oxygen atoms in total. The third-order valence-electron chi connectivity index (χ3n) is 4.11. The molecule has 0 fully saturated rings. The van der Waals surface area contributed by atoms with Crippen LogP contribution in [-0.4, -0.2) is 29.5 Å². The molecule has 0 saturated heterocycles. The van der Waals surface area contributed by atoms with Crippen molar-refractivity contribution < 1.29 is 8.42 Å². The van der Waals surface area contributed by atoms with E-state index < -0.39 is 9.84 Å². The molecule has 3 aromatic rings. The van der Waals surface area contributed by atoms with E-state index in [1.54, 1.807) is 53.1 Å². The van der Waals surface area contributed by atoms with E-state index in [-0.39, 0.29) is 17.2 Å². The van der Waals surface area contributed by atoms with Crippen molar-refractivity contribution in [2.75, 3.05) is 11.5 Å². The van der Waals surface area contributed by atoms with E-state index in [0.717, 1.165) is 0 Å². The maximum Gasteiger partial charge on any atom is 0.262 e. The Hall–Kier alpha value is -1.83. The highest BCUT2D eigenvalue weighted by molar-refractivity contribution is 8.00. The lowest BCUT2D eigenvalue weighted by atomic mass is 10.2. The first-order chi connectivity index (χ1) is 13.3. The highest BCUT2D eigenvalue weighted by Crippen LogP contribution is 2.22. The third-order valence-corrected chi connectivity index (χ3v) is 7.32. The third kappa shape index (κ3) is 4.77. The van der Waals surface area contributed by atoms with Gasteiger partial charge >= 0.3 is 0 Å². The van der Waals surface area contributed by atoms with Crippen LogP contribution in [-0.2, 0) is 16.4 Å². The molecule has 0 N–H and O–H groups in total. The number of thioether (sulfide) groups is 1.